The third-order valence-electron chi connectivity index (χ3n) is 7.88. The third-order valence-corrected chi connectivity index (χ3v) is 7.88. The Kier molecular flexibility index (Phi) is 24.4. The van der Waals surface area contributed by atoms with Crippen LogP contribution in [0, 0.1) is 39.8 Å². The zero-order valence-corrected chi connectivity index (χ0v) is 35.1. The second-order valence-corrected chi connectivity index (χ2v) is 12.3. The van der Waals surface area contributed by atoms with Gasteiger partial charge in [0.25, 0.3) is 0 Å². The van der Waals surface area contributed by atoms with Crippen molar-refractivity contribution in [1.82, 2.24) is 0 Å². The van der Waals surface area contributed by atoms with Gasteiger partial charge in [0, 0.05) is 0 Å². The molecule has 0 aliphatic rings. The van der Waals surface area contributed by atoms with Crippen LogP contribution >= 0.6 is 0 Å². The number of benzene rings is 6. The normalized spacial score (nSPS) is 9.35. The third kappa shape index (κ3) is 17.1. The molecule has 0 aliphatic carbocycles. The van der Waals surface area contributed by atoms with Gasteiger partial charge in [0.05, 0.1) is 0 Å². The van der Waals surface area contributed by atoms with E-state index in [2.05, 4.69) is 183 Å². The van der Waals surface area contributed by atoms with Crippen LogP contribution in [0.4, 0.5) is 0 Å². The molecule has 276 valence electrons. The molecular weight excluding hydrogens is 701 g/mol. The van der Waals surface area contributed by atoms with E-state index >= 15 is 0 Å². The summed E-state index contributed by atoms with van der Waals surface area (Å²) >= 11 is 1.81. The van der Waals surface area contributed by atoms with Crippen LogP contribution in [0.15, 0.2) is 182 Å². The van der Waals surface area contributed by atoms with Crippen molar-refractivity contribution in [1.29, 1.82) is 0 Å². The van der Waals surface area contributed by atoms with Gasteiger partial charge >= 0.3 is 26.8 Å². The molecule has 2 radical (unpaired) electrons. The Morgan fingerprint density at radius 1 is 0.481 bits per heavy atom. The molecule has 0 unspecified atom stereocenters. The average Bonchev–Trinajstić information content (AvgIpc) is 3.85. The Morgan fingerprint density at radius 2 is 0.796 bits per heavy atom. The summed E-state index contributed by atoms with van der Waals surface area (Å²) in [5.74, 6) is 0. The molecule has 8 rings (SSSR count). The van der Waals surface area contributed by atoms with Crippen LogP contribution in [0.5, 0.6) is 0 Å². The fourth-order valence-electron chi connectivity index (χ4n) is 5.19. The van der Waals surface area contributed by atoms with E-state index in [1.165, 1.54) is 67.8 Å². The van der Waals surface area contributed by atoms with E-state index in [0.717, 1.165) is 12.8 Å². The number of hydrogen-bond donors (Lipinski definition) is 0. The monoisotopic (exact) mass is 754 g/mol. The van der Waals surface area contributed by atoms with E-state index in [4.69, 9.17) is 0 Å². The minimum Gasteiger partial charge on any atom is -0.184 e. The van der Waals surface area contributed by atoms with Crippen LogP contribution in [0.3, 0.4) is 0 Å². The van der Waals surface area contributed by atoms with E-state index in [9.17, 15) is 0 Å². The van der Waals surface area contributed by atoms with Crippen molar-refractivity contribution >= 4 is 29.2 Å². The van der Waals surface area contributed by atoms with Crippen molar-refractivity contribution in [2.24, 2.45) is 0 Å². The molecule has 0 nitrogen and oxygen atoms in total. The van der Waals surface area contributed by atoms with Crippen LogP contribution < -0.4 is 0 Å². The first-order chi connectivity index (χ1) is 26.5. The summed E-state index contributed by atoms with van der Waals surface area (Å²) in [6.07, 6.45) is 4.56. The zero-order valence-electron chi connectivity index (χ0n) is 32.6. The first-order valence-electron chi connectivity index (χ1n) is 18.6. The Balaban J connectivity index is 0.000000245. The maximum atomic E-state index is 3.60. The molecule has 0 bridgehead atoms. The largest absolute Gasteiger partial charge is 0.184 e. The topological polar surface area (TPSA) is 0 Å². The number of fused-ring (bicyclic) bond motifs is 2. The fraction of sp³-hybridized carbons (Fsp3) is 0.154. The van der Waals surface area contributed by atoms with Crippen LogP contribution in [-0.4, -0.2) is 7.63 Å². The summed E-state index contributed by atoms with van der Waals surface area (Å²) in [5.41, 5.74) is 7.89. The SMILES string of the molecule is Cc1cc2c(-c3ccccc3)cccc2[cH-]1.Cc1cc2c(-c3ccccc3)cccc2[cH-]1.[CH2-]CCC.[CH2-]CCC.[Si]=[Ti].[c-]1ccccc1.[c-]1ccccc1. The molecule has 54 heavy (non-hydrogen) atoms. The predicted octanol–water partition coefficient (Wildman–Crippen LogP) is 14.9. The van der Waals surface area contributed by atoms with Crippen molar-refractivity contribution in [2.45, 2.75) is 53.4 Å². The van der Waals surface area contributed by atoms with Crippen molar-refractivity contribution in [3.8, 4) is 22.3 Å². The molecule has 8 aromatic rings. The Hall–Kier alpha value is -4.53. The Morgan fingerprint density at radius 3 is 1.06 bits per heavy atom. The summed E-state index contributed by atoms with van der Waals surface area (Å²) in [7, 11) is 2.97. The second kappa shape index (κ2) is 28.9. The van der Waals surface area contributed by atoms with Gasteiger partial charge in [-0.15, -0.1) is 69.1 Å². The van der Waals surface area contributed by atoms with Gasteiger partial charge in [-0.05, 0) is 11.1 Å². The molecule has 0 N–H and O–H groups in total. The van der Waals surface area contributed by atoms with E-state index in [1.807, 2.05) is 60.7 Å². The van der Waals surface area contributed by atoms with Crippen molar-refractivity contribution < 1.29 is 19.2 Å². The molecule has 0 aliphatic heterocycles. The summed E-state index contributed by atoms with van der Waals surface area (Å²) in [6, 6.07) is 68.1. The van der Waals surface area contributed by atoms with E-state index in [1.54, 1.807) is 19.2 Å². The first kappa shape index (κ1) is 45.6. The summed E-state index contributed by atoms with van der Waals surface area (Å²) in [4.78, 5) is 0. The first-order valence-corrected chi connectivity index (χ1v) is 21.4. The van der Waals surface area contributed by atoms with E-state index in [0.29, 0.717) is 0 Å². The summed E-state index contributed by atoms with van der Waals surface area (Å²) < 4.78 is 0. The molecule has 0 amide bonds. The molecular formula is C52H54SiTi-6. The Bertz CT molecular complexity index is 1830. The standard InChI is InChI=1S/2C16H13.2C6H5.2C4H9.Si.Ti/c2*1-12-10-14-8-5-9-15(16(14)11-12)13-6-3-2-4-7-13;2*1-2-4-6-5-3-1;2*1-3-4-2;;/h2*2-11H,1H3;2*1-5H;2*1,3-4H2,2H3;;/q6*-1;;. The molecule has 0 saturated heterocycles. The van der Waals surface area contributed by atoms with Gasteiger partial charge in [0.1, 0.15) is 0 Å². The molecule has 0 atom stereocenters. The quantitative estimate of drug-likeness (QED) is 0.124. The molecule has 2 heteroatoms. The van der Waals surface area contributed by atoms with Crippen molar-refractivity contribution in [3.63, 3.8) is 0 Å². The van der Waals surface area contributed by atoms with Gasteiger partial charge in [-0.2, -0.15) is 97.8 Å². The van der Waals surface area contributed by atoms with Gasteiger partial charge in [0.15, 0.2) is 0 Å². The zero-order chi connectivity index (χ0) is 39.2. The number of aryl methyl sites for hydroxylation is 2. The van der Waals surface area contributed by atoms with Gasteiger partial charge < -0.3 is 13.8 Å². The van der Waals surface area contributed by atoms with E-state index in [-0.39, 0.29) is 0 Å². The minimum absolute atomic E-state index is 1.07. The average molecular weight is 755 g/mol. The molecule has 0 saturated carbocycles. The predicted molar refractivity (Wildman–Crippen MR) is 236 cm³/mol. The second-order valence-electron chi connectivity index (χ2n) is 12.3. The van der Waals surface area contributed by atoms with Crippen LogP contribution in [-0.2, 0) is 19.2 Å². The van der Waals surface area contributed by atoms with Crippen LogP contribution in [0.25, 0.3) is 43.8 Å². The molecule has 8 aromatic carbocycles. The maximum absolute atomic E-state index is 3.60. The molecule has 0 heterocycles. The van der Waals surface area contributed by atoms with Gasteiger partial charge in [-0.3, -0.25) is 0 Å². The van der Waals surface area contributed by atoms with Crippen molar-refractivity contribution in [2.75, 3.05) is 0 Å². The minimum atomic E-state index is 1.07. The summed E-state index contributed by atoms with van der Waals surface area (Å²) in [6.45, 7) is 15.7. The maximum Gasteiger partial charge on any atom is -0.171 e. The number of rotatable bonds is 4. The molecule has 0 aromatic heterocycles. The number of unbranched alkanes of at least 4 members (excludes halogenated alkanes) is 2. The smallest absolute Gasteiger partial charge is 0.171 e. The molecule has 0 spiro atoms. The van der Waals surface area contributed by atoms with Gasteiger partial charge in [-0.25, -0.2) is 0 Å². The molecule has 0 fully saturated rings. The van der Waals surface area contributed by atoms with Crippen molar-refractivity contribution in [3.05, 3.63) is 219 Å². The van der Waals surface area contributed by atoms with Crippen LogP contribution in [0.1, 0.15) is 50.7 Å². The number of hydrogen-bond acceptors (Lipinski definition) is 0. The van der Waals surface area contributed by atoms with E-state index < -0.39 is 0 Å². The Labute approximate surface area is 341 Å². The fourth-order valence-corrected chi connectivity index (χ4v) is 5.19. The van der Waals surface area contributed by atoms with Gasteiger partial charge in [0.2, 0.25) is 0 Å². The summed E-state index contributed by atoms with van der Waals surface area (Å²) in [5, 5.41) is 5.37. The van der Waals surface area contributed by atoms with Crippen LogP contribution in [0.2, 0.25) is 0 Å². The van der Waals surface area contributed by atoms with Gasteiger partial charge in [-0.1, -0.05) is 124 Å².